The molecular weight excluding hydrogens is 170 g/mol. The van der Waals surface area contributed by atoms with E-state index in [4.69, 9.17) is 0 Å². The van der Waals surface area contributed by atoms with Crippen molar-refractivity contribution >= 4 is 6.41 Å². The zero-order valence-electron chi connectivity index (χ0n) is 8.16. The van der Waals surface area contributed by atoms with Crippen LogP contribution < -0.4 is 0 Å². The number of hydrogen-bond donors (Lipinski definition) is 2. The van der Waals surface area contributed by atoms with E-state index in [-0.39, 0.29) is 24.0 Å². The number of amides is 1. The Hall–Kier alpha value is -0.610. The number of carbonyl (C=O) groups excluding carboxylic acids is 1. The number of rotatable bonds is 3. The van der Waals surface area contributed by atoms with Gasteiger partial charge in [0.05, 0.1) is 13.2 Å². The molecule has 0 aromatic heterocycles. The third-order valence-electron chi connectivity index (χ3n) is 3.41. The predicted molar refractivity (Wildman–Crippen MR) is 48.0 cm³/mol. The first-order chi connectivity index (χ1) is 6.01. The number of hydrogen-bond acceptors (Lipinski definition) is 3. The van der Waals surface area contributed by atoms with E-state index in [1.165, 1.54) is 0 Å². The van der Waals surface area contributed by atoms with E-state index in [1.807, 2.05) is 13.8 Å². The lowest BCUT2D eigenvalue weighted by Gasteiger charge is -2.36. The first-order valence-electron chi connectivity index (χ1n) is 4.42. The first-order valence-corrected chi connectivity index (χ1v) is 4.42. The second-order valence-corrected chi connectivity index (χ2v) is 4.45. The minimum atomic E-state index is -0.386. The Morgan fingerprint density at radius 3 is 1.85 bits per heavy atom. The molecule has 1 fully saturated rings. The third-order valence-corrected chi connectivity index (χ3v) is 3.41. The Morgan fingerprint density at radius 1 is 1.23 bits per heavy atom. The van der Waals surface area contributed by atoms with Crippen molar-refractivity contribution in [3.05, 3.63) is 0 Å². The summed E-state index contributed by atoms with van der Waals surface area (Å²) in [7, 11) is 0. The van der Waals surface area contributed by atoms with Gasteiger partial charge >= 0.3 is 0 Å². The Bertz CT molecular complexity index is 191. The van der Waals surface area contributed by atoms with Crippen LogP contribution in [-0.2, 0) is 4.79 Å². The second-order valence-electron chi connectivity index (χ2n) is 4.45. The Balaban J connectivity index is 2.89. The van der Waals surface area contributed by atoms with Gasteiger partial charge in [0.25, 0.3) is 0 Å². The molecule has 2 atom stereocenters. The van der Waals surface area contributed by atoms with Crippen LogP contribution in [0.5, 0.6) is 0 Å². The Morgan fingerprint density at radius 2 is 1.62 bits per heavy atom. The average molecular weight is 187 g/mol. The van der Waals surface area contributed by atoms with Crippen LogP contribution in [0.15, 0.2) is 0 Å². The zero-order chi connectivity index (χ0) is 10.1. The highest BCUT2D eigenvalue weighted by atomic mass is 16.3. The summed E-state index contributed by atoms with van der Waals surface area (Å²) in [5, 5.41) is 18.5. The molecule has 0 aromatic carbocycles. The molecule has 1 heterocycles. The van der Waals surface area contributed by atoms with Crippen LogP contribution in [0.3, 0.4) is 0 Å². The number of carbonyl (C=O) groups is 1. The number of likely N-dealkylation sites (tertiary alicyclic amines) is 1. The van der Waals surface area contributed by atoms with Gasteiger partial charge in [-0.25, -0.2) is 0 Å². The van der Waals surface area contributed by atoms with Gasteiger partial charge in [0.2, 0.25) is 6.41 Å². The molecule has 13 heavy (non-hydrogen) atoms. The lowest BCUT2D eigenvalue weighted by Crippen LogP contribution is -2.41. The van der Waals surface area contributed by atoms with Crippen molar-refractivity contribution in [2.24, 2.45) is 10.8 Å². The van der Waals surface area contributed by atoms with Crippen molar-refractivity contribution < 1.29 is 15.0 Å². The van der Waals surface area contributed by atoms with Crippen molar-refractivity contribution in [2.45, 2.75) is 13.8 Å². The molecule has 1 aliphatic heterocycles. The van der Waals surface area contributed by atoms with E-state index in [2.05, 4.69) is 0 Å². The Labute approximate surface area is 78.2 Å². The van der Waals surface area contributed by atoms with E-state index < -0.39 is 0 Å². The third kappa shape index (κ3) is 1.44. The molecule has 2 N–H and O–H groups in total. The van der Waals surface area contributed by atoms with Gasteiger partial charge in [-0.15, -0.1) is 0 Å². The molecule has 76 valence electrons. The number of nitrogens with zero attached hydrogens (tertiary/aromatic N) is 1. The zero-order valence-corrected chi connectivity index (χ0v) is 8.16. The highest BCUT2D eigenvalue weighted by molar-refractivity contribution is 5.48. The summed E-state index contributed by atoms with van der Waals surface area (Å²) in [5.41, 5.74) is -0.772. The second kappa shape index (κ2) is 3.27. The summed E-state index contributed by atoms with van der Waals surface area (Å²) in [4.78, 5) is 12.2. The van der Waals surface area contributed by atoms with E-state index in [1.54, 1.807) is 4.90 Å². The largest absolute Gasteiger partial charge is 0.396 e. The Kier molecular flexibility index (Phi) is 2.63. The van der Waals surface area contributed by atoms with Crippen molar-refractivity contribution in [3.8, 4) is 0 Å². The standard InChI is InChI=1S/C9H17NO3/c1-8(5-11)3-10(7-13)4-9(8,2)6-12/h7,11-12H,3-6H2,1-2H3/t8-,9+. The molecule has 1 amide bonds. The van der Waals surface area contributed by atoms with E-state index in [0.29, 0.717) is 13.1 Å². The van der Waals surface area contributed by atoms with Crippen molar-refractivity contribution in [1.29, 1.82) is 0 Å². The van der Waals surface area contributed by atoms with Gasteiger partial charge in [0.1, 0.15) is 0 Å². The monoisotopic (exact) mass is 187 g/mol. The first kappa shape index (κ1) is 10.5. The van der Waals surface area contributed by atoms with E-state index in [9.17, 15) is 15.0 Å². The quantitative estimate of drug-likeness (QED) is 0.583. The number of aliphatic hydroxyl groups is 2. The fraction of sp³-hybridized carbons (Fsp3) is 0.889. The molecule has 0 aliphatic carbocycles. The summed E-state index contributed by atoms with van der Waals surface area (Å²) in [5.74, 6) is 0. The van der Waals surface area contributed by atoms with E-state index >= 15 is 0 Å². The molecule has 1 rings (SSSR count). The van der Waals surface area contributed by atoms with Gasteiger partial charge in [-0.3, -0.25) is 4.79 Å². The highest BCUT2D eigenvalue weighted by Crippen LogP contribution is 2.44. The van der Waals surface area contributed by atoms with Crippen LogP contribution in [-0.4, -0.2) is 47.8 Å². The van der Waals surface area contributed by atoms with Crippen LogP contribution in [0.25, 0.3) is 0 Å². The summed E-state index contributed by atoms with van der Waals surface area (Å²) >= 11 is 0. The average Bonchev–Trinajstić information content (AvgIpc) is 2.41. The summed E-state index contributed by atoms with van der Waals surface area (Å²) < 4.78 is 0. The maximum absolute atomic E-state index is 10.6. The van der Waals surface area contributed by atoms with Gasteiger partial charge in [0, 0.05) is 23.9 Å². The molecular formula is C9H17NO3. The summed E-state index contributed by atoms with van der Waals surface area (Å²) in [6.07, 6.45) is 0.773. The molecule has 1 aliphatic rings. The molecule has 1 saturated heterocycles. The molecule has 0 spiro atoms. The molecule has 0 bridgehead atoms. The number of aliphatic hydroxyl groups excluding tert-OH is 2. The van der Waals surface area contributed by atoms with E-state index in [0.717, 1.165) is 6.41 Å². The maximum atomic E-state index is 10.6. The molecule has 0 radical (unpaired) electrons. The van der Waals surface area contributed by atoms with Gasteiger partial charge < -0.3 is 15.1 Å². The lowest BCUT2D eigenvalue weighted by molar-refractivity contribution is -0.117. The molecule has 0 aromatic rings. The fourth-order valence-electron chi connectivity index (χ4n) is 1.89. The minimum absolute atomic E-state index is 0.00556. The van der Waals surface area contributed by atoms with Crippen LogP contribution in [0.4, 0.5) is 0 Å². The SMILES string of the molecule is C[C@]1(CO)CN(C=O)C[C@@]1(C)CO. The lowest BCUT2D eigenvalue weighted by atomic mass is 9.69. The van der Waals surface area contributed by atoms with Crippen LogP contribution >= 0.6 is 0 Å². The minimum Gasteiger partial charge on any atom is -0.396 e. The van der Waals surface area contributed by atoms with Crippen molar-refractivity contribution in [3.63, 3.8) is 0 Å². The van der Waals surface area contributed by atoms with Gasteiger partial charge in [-0.05, 0) is 0 Å². The van der Waals surface area contributed by atoms with Crippen molar-refractivity contribution in [2.75, 3.05) is 26.3 Å². The summed E-state index contributed by atoms with van der Waals surface area (Å²) in [6, 6.07) is 0. The molecule has 4 nitrogen and oxygen atoms in total. The van der Waals surface area contributed by atoms with Gasteiger partial charge in [0.15, 0.2) is 0 Å². The fourth-order valence-corrected chi connectivity index (χ4v) is 1.89. The maximum Gasteiger partial charge on any atom is 0.209 e. The predicted octanol–water partition coefficient (Wildman–Crippen LogP) is -0.544. The summed E-state index contributed by atoms with van der Waals surface area (Å²) in [6.45, 7) is 4.82. The smallest absolute Gasteiger partial charge is 0.209 e. The van der Waals surface area contributed by atoms with Crippen LogP contribution in [0.2, 0.25) is 0 Å². The van der Waals surface area contributed by atoms with Crippen LogP contribution in [0, 0.1) is 10.8 Å². The topological polar surface area (TPSA) is 60.8 Å². The highest BCUT2D eigenvalue weighted by Gasteiger charge is 2.51. The van der Waals surface area contributed by atoms with Gasteiger partial charge in [-0.2, -0.15) is 0 Å². The molecule has 0 saturated carbocycles. The molecule has 0 unspecified atom stereocenters. The van der Waals surface area contributed by atoms with Crippen LogP contribution in [0.1, 0.15) is 13.8 Å². The normalized spacial score (nSPS) is 39.5. The van der Waals surface area contributed by atoms with Crippen molar-refractivity contribution in [1.82, 2.24) is 4.90 Å². The molecule has 4 heteroatoms. The van der Waals surface area contributed by atoms with Gasteiger partial charge in [-0.1, -0.05) is 13.8 Å².